The Labute approximate surface area is 116 Å². The number of ketones is 4. The van der Waals surface area contributed by atoms with Gasteiger partial charge < -0.3 is 10.2 Å². The molecule has 0 fully saturated rings. The highest BCUT2D eigenvalue weighted by molar-refractivity contribution is 8.25. The zero-order chi connectivity index (χ0) is 16.5. The van der Waals surface area contributed by atoms with Crippen molar-refractivity contribution < 1.29 is 47.6 Å². The highest BCUT2D eigenvalue weighted by Gasteiger charge is 2.41. The minimum Gasteiger partial charge on any atom is -0.367 e. The van der Waals surface area contributed by atoms with Crippen molar-refractivity contribution in [2.75, 3.05) is 12.5 Å². The summed E-state index contributed by atoms with van der Waals surface area (Å²) in [6, 6.07) is 0. The lowest BCUT2D eigenvalue weighted by Gasteiger charge is -2.31. The third-order valence-electron chi connectivity index (χ3n) is 1.95. The van der Waals surface area contributed by atoms with E-state index in [2.05, 4.69) is 0 Å². The molecule has 0 aliphatic carbocycles. The Morgan fingerprint density at radius 2 is 0.900 bits per heavy atom. The maximum Gasteiger partial charge on any atom is 0.276 e. The van der Waals surface area contributed by atoms with Crippen LogP contribution in [-0.4, -0.2) is 74.9 Å². The molecule has 20 heavy (non-hydrogen) atoms. The topological polar surface area (TPSA) is 190 Å². The minimum absolute atomic E-state index is 0.632. The largest absolute Gasteiger partial charge is 0.367 e. The highest BCUT2D eigenvalue weighted by atomic mass is 32.3. The Hall–Kier alpha value is -0.860. The summed E-state index contributed by atoms with van der Waals surface area (Å²) in [5.41, 5.74) is -5.21. The molecule has 0 amide bonds. The van der Waals surface area contributed by atoms with Crippen LogP contribution in [0.4, 0.5) is 0 Å². The highest BCUT2D eigenvalue weighted by Crippen LogP contribution is 2.40. The van der Waals surface area contributed by atoms with Crippen LogP contribution in [0.25, 0.3) is 0 Å². The van der Waals surface area contributed by atoms with Crippen molar-refractivity contribution in [1.82, 2.24) is 0 Å². The van der Waals surface area contributed by atoms with Crippen LogP contribution < -0.4 is 0 Å². The van der Waals surface area contributed by atoms with Gasteiger partial charge in [-0.2, -0.15) is 21.2 Å². The molecule has 0 aliphatic heterocycles. The van der Waals surface area contributed by atoms with Crippen LogP contribution in [0, 0.1) is 0 Å². The van der Waals surface area contributed by atoms with Crippen molar-refractivity contribution >= 4 is 44.3 Å². The number of hydrogen-bond donors (Lipinski definition) is 6. The lowest BCUT2D eigenvalue weighted by atomic mass is 10.1. The molecule has 2 atom stereocenters. The average Bonchev–Trinajstić information content (AvgIpc) is 2.30. The lowest BCUT2D eigenvalue weighted by Crippen LogP contribution is -2.43. The summed E-state index contributed by atoms with van der Waals surface area (Å²) in [7, 11) is -7.78. The van der Waals surface area contributed by atoms with Gasteiger partial charge in [0.2, 0.25) is 10.9 Å². The maximum absolute atomic E-state index is 11.3. The summed E-state index contributed by atoms with van der Waals surface area (Å²) in [6.07, 6.45) is 1.26. The first-order chi connectivity index (χ1) is 8.71. The van der Waals surface area contributed by atoms with E-state index in [1.807, 2.05) is 0 Å². The monoisotopic (exact) mass is 334 g/mol. The maximum atomic E-state index is 11.3. The van der Waals surface area contributed by atoms with E-state index in [-0.39, 0.29) is 0 Å². The molecule has 0 aliphatic rings. The molecular weight excluding hydrogens is 320 g/mol. The molecule has 118 valence electrons. The van der Waals surface area contributed by atoms with Crippen LogP contribution >= 0.6 is 21.2 Å². The zero-order valence-corrected chi connectivity index (χ0v) is 11.9. The van der Waals surface area contributed by atoms with Crippen LogP contribution in [0.5, 0.6) is 0 Å². The SMILES string of the molecule is CS(O)(O)C(O)C(=O)C(=O)C(=O)C(=O)C(O)S(C)(O)O. The van der Waals surface area contributed by atoms with Gasteiger partial charge in [0.1, 0.15) is 0 Å². The van der Waals surface area contributed by atoms with E-state index in [0.717, 1.165) is 0 Å². The van der Waals surface area contributed by atoms with E-state index in [0.29, 0.717) is 12.5 Å². The normalized spacial score (nSPS) is 17.0. The molecule has 0 spiro atoms. The van der Waals surface area contributed by atoms with Gasteiger partial charge in [0, 0.05) is 12.5 Å². The van der Waals surface area contributed by atoms with E-state index < -0.39 is 55.2 Å². The molecule has 6 N–H and O–H groups in total. The fraction of sp³-hybridized carbons (Fsp3) is 0.500. The minimum atomic E-state index is -3.89. The molecule has 0 heterocycles. The van der Waals surface area contributed by atoms with Gasteiger partial charge in [0.25, 0.3) is 23.1 Å². The molecule has 0 aromatic carbocycles. The van der Waals surface area contributed by atoms with Gasteiger partial charge in [-0.25, -0.2) is 0 Å². The number of Topliss-reactive ketones (excluding diaryl/α,β-unsaturated/α-hetero) is 4. The van der Waals surface area contributed by atoms with Crippen LogP contribution in [0.2, 0.25) is 0 Å². The number of rotatable bonds is 7. The number of aliphatic hydroxyl groups excluding tert-OH is 2. The summed E-state index contributed by atoms with van der Waals surface area (Å²) in [4.78, 5) is 45.0. The van der Waals surface area contributed by atoms with E-state index in [9.17, 15) is 19.2 Å². The van der Waals surface area contributed by atoms with E-state index in [4.69, 9.17) is 28.4 Å². The zero-order valence-electron chi connectivity index (χ0n) is 10.3. The second-order valence-corrected chi connectivity index (χ2v) is 8.34. The molecule has 10 nitrogen and oxygen atoms in total. The smallest absolute Gasteiger partial charge is 0.276 e. The van der Waals surface area contributed by atoms with Crippen LogP contribution in [0.1, 0.15) is 0 Å². The predicted molar refractivity (Wildman–Crippen MR) is 69.6 cm³/mol. The van der Waals surface area contributed by atoms with Gasteiger partial charge in [-0.05, 0) is 0 Å². The summed E-state index contributed by atoms with van der Waals surface area (Å²) in [5, 5.41) is 18.2. The quantitative estimate of drug-likeness (QED) is 0.240. The van der Waals surface area contributed by atoms with Gasteiger partial charge in [0.05, 0.1) is 0 Å². The summed E-state index contributed by atoms with van der Waals surface area (Å²) >= 11 is 0. The number of aliphatic hydroxyl groups is 2. The van der Waals surface area contributed by atoms with E-state index in [1.165, 1.54) is 0 Å². The third kappa shape index (κ3) is 4.60. The van der Waals surface area contributed by atoms with Gasteiger partial charge in [-0.3, -0.25) is 37.4 Å². The van der Waals surface area contributed by atoms with Gasteiger partial charge >= 0.3 is 0 Å². The fourth-order valence-corrected chi connectivity index (χ4v) is 1.88. The second-order valence-electron chi connectivity index (χ2n) is 3.88. The Kier molecular flexibility index (Phi) is 6.01. The van der Waals surface area contributed by atoms with Crippen molar-refractivity contribution in [2.24, 2.45) is 0 Å². The Morgan fingerprint density at radius 1 is 0.700 bits per heavy atom. The first kappa shape index (κ1) is 19.1. The summed E-state index contributed by atoms with van der Waals surface area (Å²) < 4.78 is 35.8. The van der Waals surface area contributed by atoms with E-state index >= 15 is 0 Å². The fourth-order valence-electron chi connectivity index (χ4n) is 0.854. The standard InChI is InChI=1S/C8H14O10S2/c1-19(15,16)7(13)5(11)3(9)4(10)6(12)8(14)20(2,17)18/h7-8,13-18H,1-2H3. The molecule has 0 aromatic heterocycles. The lowest BCUT2D eigenvalue weighted by molar-refractivity contribution is -0.150. The van der Waals surface area contributed by atoms with Crippen molar-refractivity contribution in [3.63, 3.8) is 0 Å². The van der Waals surface area contributed by atoms with Crippen molar-refractivity contribution in [3.05, 3.63) is 0 Å². The van der Waals surface area contributed by atoms with Crippen molar-refractivity contribution in [2.45, 2.75) is 10.9 Å². The molecule has 2 unspecified atom stereocenters. The van der Waals surface area contributed by atoms with Gasteiger partial charge in [0.15, 0.2) is 0 Å². The Balaban J connectivity index is 5.11. The summed E-state index contributed by atoms with van der Waals surface area (Å²) in [5.74, 6) is -8.12. The van der Waals surface area contributed by atoms with Crippen molar-refractivity contribution in [3.8, 4) is 0 Å². The molecule has 0 aromatic rings. The van der Waals surface area contributed by atoms with E-state index in [1.54, 1.807) is 0 Å². The second kappa shape index (κ2) is 6.28. The molecule has 0 radical (unpaired) electrons. The van der Waals surface area contributed by atoms with Crippen molar-refractivity contribution in [1.29, 1.82) is 0 Å². The molecule has 12 heteroatoms. The third-order valence-corrected chi connectivity index (χ3v) is 4.07. The first-order valence-electron chi connectivity index (χ1n) is 4.68. The molecule has 0 rings (SSSR count). The Bertz CT molecular complexity index is 403. The van der Waals surface area contributed by atoms with Crippen LogP contribution in [0.15, 0.2) is 0 Å². The number of carbonyl (C=O) groups excluding carboxylic acids is 4. The van der Waals surface area contributed by atoms with Gasteiger partial charge in [-0.15, -0.1) is 0 Å². The number of carbonyl (C=O) groups is 4. The van der Waals surface area contributed by atoms with Crippen LogP contribution in [0.3, 0.4) is 0 Å². The van der Waals surface area contributed by atoms with Crippen LogP contribution in [-0.2, 0) is 19.2 Å². The molecular formula is C8H14O10S2. The first-order valence-corrected chi connectivity index (χ1v) is 8.71. The predicted octanol–water partition coefficient (Wildman–Crippen LogP) is -1.34. The molecule has 0 saturated heterocycles. The Morgan fingerprint density at radius 3 is 1.05 bits per heavy atom. The number of hydrogen-bond acceptors (Lipinski definition) is 10. The molecule has 0 bridgehead atoms. The summed E-state index contributed by atoms with van der Waals surface area (Å²) in [6.45, 7) is 0. The van der Waals surface area contributed by atoms with Gasteiger partial charge in [-0.1, -0.05) is 0 Å². The average molecular weight is 334 g/mol. The molecule has 0 saturated carbocycles.